The molecule has 2 rings (SSSR count). The van der Waals surface area contributed by atoms with Gasteiger partial charge in [-0.25, -0.2) is 4.68 Å². The topological polar surface area (TPSA) is 29.9 Å². The van der Waals surface area contributed by atoms with Crippen molar-refractivity contribution in [1.82, 2.24) is 15.1 Å². The van der Waals surface area contributed by atoms with E-state index in [-0.39, 0.29) is 0 Å². The molecule has 5 heteroatoms. The van der Waals surface area contributed by atoms with Crippen LogP contribution in [0.3, 0.4) is 0 Å². The molecule has 0 bridgehead atoms. The minimum Gasteiger partial charge on any atom is -0.311 e. The SMILES string of the molecule is CCNCc1ccn(-c2ccc(Cl)cc2I)n1. The van der Waals surface area contributed by atoms with Gasteiger partial charge in [0.05, 0.1) is 11.4 Å². The first-order valence-corrected chi connectivity index (χ1v) is 6.87. The van der Waals surface area contributed by atoms with Gasteiger partial charge in [0.25, 0.3) is 0 Å². The van der Waals surface area contributed by atoms with Crippen LogP contribution < -0.4 is 5.32 Å². The zero-order valence-corrected chi connectivity index (χ0v) is 12.4. The lowest BCUT2D eigenvalue weighted by atomic mass is 10.3. The van der Waals surface area contributed by atoms with E-state index in [2.05, 4.69) is 39.9 Å². The van der Waals surface area contributed by atoms with Gasteiger partial charge in [0.1, 0.15) is 0 Å². The molecule has 1 N–H and O–H groups in total. The number of halogens is 2. The van der Waals surface area contributed by atoms with Crippen LogP contribution in [-0.4, -0.2) is 16.3 Å². The number of benzene rings is 1. The predicted octanol–water partition coefficient (Wildman–Crippen LogP) is 3.24. The van der Waals surface area contributed by atoms with Crippen LogP contribution in [0.1, 0.15) is 12.6 Å². The lowest BCUT2D eigenvalue weighted by molar-refractivity contribution is 0.696. The molecule has 0 aliphatic carbocycles. The van der Waals surface area contributed by atoms with E-state index in [9.17, 15) is 0 Å². The summed E-state index contributed by atoms with van der Waals surface area (Å²) in [7, 11) is 0. The second-order valence-electron chi connectivity index (χ2n) is 3.63. The Morgan fingerprint density at radius 1 is 1.41 bits per heavy atom. The molecule has 0 saturated heterocycles. The van der Waals surface area contributed by atoms with Crippen LogP contribution in [-0.2, 0) is 6.54 Å². The summed E-state index contributed by atoms with van der Waals surface area (Å²) >= 11 is 8.20. The highest BCUT2D eigenvalue weighted by atomic mass is 127. The Morgan fingerprint density at radius 2 is 2.24 bits per heavy atom. The Bertz CT molecular complexity index is 510. The quantitative estimate of drug-likeness (QED) is 0.847. The van der Waals surface area contributed by atoms with Gasteiger partial charge in [-0.3, -0.25) is 0 Å². The van der Waals surface area contributed by atoms with Crippen molar-refractivity contribution in [1.29, 1.82) is 0 Å². The molecule has 90 valence electrons. The van der Waals surface area contributed by atoms with Crippen LogP contribution >= 0.6 is 34.2 Å². The van der Waals surface area contributed by atoms with Crippen LogP contribution in [0.25, 0.3) is 5.69 Å². The number of rotatable bonds is 4. The minimum atomic E-state index is 0.748. The Kier molecular flexibility index (Phi) is 4.42. The third-order valence-corrected chi connectivity index (χ3v) is 3.46. The highest BCUT2D eigenvalue weighted by Gasteiger charge is 2.05. The predicted molar refractivity (Wildman–Crippen MR) is 78.7 cm³/mol. The molecule has 2 aromatic rings. The maximum absolute atomic E-state index is 5.93. The van der Waals surface area contributed by atoms with Gasteiger partial charge in [0.2, 0.25) is 0 Å². The lowest BCUT2D eigenvalue weighted by Gasteiger charge is -2.04. The maximum Gasteiger partial charge on any atom is 0.0780 e. The zero-order valence-electron chi connectivity index (χ0n) is 9.45. The van der Waals surface area contributed by atoms with Crippen LogP contribution in [0.4, 0.5) is 0 Å². The first-order valence-electron chi connectivity index (χ1n) is 5.41. The number of hydrogen-bond acceptors (Lipinski definition) is 2. The van der Waals surface area contributed by atoms with Crippen molar-refractivity contribution in [2.45, 2.75) is 13.5 Å². The van der Waals surface area contributed by atoms with E-state index in [1.54, 1.807) is 0 Å². The highest BCUT2D eigenvalue weighted by molar-refractivity contribution is 14.1. The van der Waals surface area contributed by atoms with Gasteiger partial charge in [0, 0.05) is 21.3 Å². The van der Waals surface area contributed by atoms with Gasteiger partial charge in [-0.2, -0.15) is 5.10 Å². The first-order chi connectivity index (χ1) is 8.20. The van der Waals surface area contributed by atoms with E-state index in [4.69, 9.17) is 11.6 Å². The summed E-state index contributed by atoms with van der Waals surface area (Å²) < 4.78 is 2.97. The zero-order chi connectivity index (χ0) is 12.3. The Balaban J connectivity index is 2.24. The van der Waals surface area contributed by atoms with E-state index < -0.39 is 0 Å². The van der Waals surface area contributed by atoms with Gasteiger partial charge in [-0.1, -0.05) is 18.5 Å². The number of nitrogens with one attached hydrogen (secondary N) is 1. The van der Waals surface area contributed by atoms with E-state index in [1.165, 1.54) is 0 Å². The van der Waals surface area contributed by atoms with Gasteiger partial charge in [0.15, 0.2) is 0 Å². The largest absolute Gasteiger partial charge is 0.311 e. The van der Waals surface area contributed by atoms with Crippen molar-refractivity contribution in [3.63, 3.8) is 0 Å². The molecule has 1 aromatic heterocycles. The van der Waals surface area contributed by atoms with Crippen molar-refractivity contribution < 1.29 is 0 Å². The fourth-order valence-corrected chi connectivity index (χ4v) is 2.63. The first kappa shape index (κ1) is 12.9. The molecule has 0 spiro atoms. The second-order valence-corrected chi connectivity index (χ2v) is 5.23. The monoisotopic (exact) mass is 361 g/mol. The van der Waals surface area contributed by atoms with Crippen LogP contribution in [0, 0.1) is 3.57 Å². The van der Waals surface area contributed by atoms with E-state index in [0.717, 1.165) is 33.1 Å². The molecule has 0 saturated carbocycles. The highest BCUT2D eigenvalue weighted by Crippen LogP contribution is 2.21. The summed E-state index contributed by atoms with van der Waals surface area (Å²) in [5.41, 5.74) is 2.09. The molecule has 0 unspecified atom stereocenters. The van der Waals surface area contributed by atoms with E-state index in [1.807, 2.05) is 35.1 Å². The summed E-state index contributed by atoms with van der Waals surface area (Å²) in [6, 6.07) is 7.81. The number of hydrogen-bond donors (Lipinski definition) is 1. The molecule has 0 fully saturated rings. The third-order valence-electron chi connectivity index (χ3n) is 2.36. The molecule has 0 amide bonds. The molecular weight excluding hydrogens is 349 g/mol. The van der Waals surface area contributed by atoms with Crippen molar-refractivity contribution >= 4 is 34.2 Å². The third kappa shape index (κ3) is 3.20. The average molecular weight is 362 g/mol. The molecule has 0 atom stereocenters. The average Bonchev–Trinajstić information content (AvgIpc) is 2.75. The van der Waals surface area contributed by atoms with Gasteiger partial charge in [-0.15, -0.1) is 0 Å². The fraction of sp³-hybridized carbons (Fsp3) is 0.250. The lowest BCUT2D eigenvalue weighted by Crippen LogP contribution is -2.12. The summed E-state index contributed by atoms with van der Waals surface area (Å²) in [5.74, 6) is 0. The Hall–Kier alpha value is -0.590. The van der Waals surface area contributed by atoms with E-state index in [0.29, 0.717) is 0 Å². The second kappa shape index (κ2) is 5.84. The Morgan fingerprint density at radius 3 is 2.94 bits per heavy atom. The van der Waals surface area contributed by atoms with Crippen molar-refractivity contribution in [2.24, 2.45) is 0 Å². The van der Waals surface area contributed by atoms with Crippen LogP contribution in [0.5, 0.6) is 0 Å². The molecule has 0 radical (unpaired) electrons. The van der Waals surface area contributed by atoms with Gasteiger partial charge < -0.3 is 5.32 Å². The summed E-state index contributed by atoms with van der Waals surface area (Å²) in [6.07, 6.45) is 1.97. The molecule has 1 aromatic carbocycles. The molecule has 3 nitrogen and oxygen atoms in total. The van der Waals surface area contributed by atoms with Crippen LogP contribution in [0.15, 0.2) is 30.5 Å². The number of nitrogens with zero attached hydrogens (tertiary/aromatic N) is 2. The van der Waals surface area contributed by atoms with Crippen LogP contribution in [0.2, 0.25) is 5.02 Å². The van der Waals surface area contributed by atoms with Gasteiger partial charge in [-0.05, 0) is 53.4 Å². The van der Waals surface area contributed by atoms with Crippen molar-refractivity contribution in [3.8, 4) is 5.69 Å². The maximum atomic E-state index is 5.93. The van der Waals surface area contributed by atoms with Crippen molar-refractivity contribution in [2.75, 3.05) is 6.54 Å². The van der Waals surface area contributed by atoms with E-state index >= 15 is 0 Å². The molecule has 17 heavy (non-hydrogen) atoms. The smallest absolute Gasteiger partial charge is 0.0780 e. The fourth-order valence-electron chi connectivity index (χ4n) is 1.51. The Labute approximate surface area is 119 Å². The summed E-state index contributed by atoms with van der Waals surface area (Å²) in [6.45, 7) is 3.83. The van der Waals surface area contributed by atoms with Gasteiger partial charge >= 0.3 is 0 Å². The molecular formula is C12H13ClIN3. The molecule has 0 aliphatic heterocycles. The summed E-state index contributed by atoms with van der Waals surface area (Å²) in [4.78, 5) is 0. The normalized spacial score (nSPS) is 10.8. The minimum absolute atomic E-state index is 0.748. The molecule has 0 aliphatic rings. The van der Waals surface area contributed by atoms with Crippen molar-refractivity contribution in [3.05, 3.63) is 44.7 Å². The standard InChI is InChI=1S/C12H13ClIN3/c1-2-15-8-10-5-6-17(16-10)12-4-3-9(13)7-11(12)14/h3-7,15H,2,8H2,1H3. The number of aromatic nitrogens is 2. The molecule has 1 heterocycles. The summed E-state index contributed by atoms with van der Waals surface area (Å²) in [5, 5.41) is 8.52.